The molecule has 98 valence electrons. The zero-order valence-electron chi connectivity index (χ0n) is 8.49. The lowest BCUT2D eigenvalue weighted by molar-refractivity contribution is -0.386. The molecule has 1 aromatic rings. The number of nitro groups is 1. The van der Waals surface area contributed by atoms with Gasteiger partial charge in [0.05, 0.1) is 16.9 Å². The molecule has 5 nitrogen and oxygen atoms in total. The van der Waals surface area contributed by atoms with Gasteiger partial charge in [0, 0.05) is 5.56 Å². The summed E-state index contributed by atoms with van der Waals surface area (Å²) in [4.78, 5) is 20.2. The number of aliphatic carboxylic acids is 1. The Morgan fingerprint density at radius 2 is 2.00 bits per heavy atom. The lowest BCUT2D eigenvalue weighted by Gasteiger charge is -2.10. The van der Waals surface area contributed by atoms with Crippen molar-refractivity contribution in [1.82, 2.24) is 0 Å². The number of carboxylic acids is 1. The van der Waals surface area contributed by atoms with Crippen molar-refractivity contribution in [1.29, 1.82) is 0 Å². The molecule has 0 heterocycles. The van der Waals surface area contributed by atoms with Crippen LogP contribution in [0.2, 0.25) is 0 Å². The van der Waals surface area contributed by atoms with Crippen LogP contribution in [-0.4, -0.2) is 16.0 Å². The van der Waals surface area contributed by atoms with Crippen LogP contribution in [0, 0.1) is 10.1 Å². The number of alkyl halides is 3. The van der Waals surface area contributed by atoms with Gasteiger partial charge in [0.2, 0.25) is 0 Å². The molecule has 9 heteroatoms. The second-order valence-corrected chi connectivity index (χ2v) is 4.05. The Bertz CT molecular complexity index is 515. The van der Waals surface area contributed by atoms with Crippen molar-refractivity contribution in [3.8, 4) is 0 Å². The zero-order chi connectivity index (χ0) is 14.1. The third-order valence-electron chi connectivity index (χ3n) is 2.03. The third kappa shape index (κ3) is 2.97. The highest BCUT2D eigenvalue weighted by atomic mass is 79.9. The largest absolute Gasteiger partial charge is 0.481 e. The van der Waals surface area contributed by atoms with E-state index in [0.29, 0.717) is 6.07 Å². The summed E-state index contributed by atoms with van der Waals surface area (Å²) in [5, 5.41) is 19.3. The van der Waals surface area contributed by atoms with Crippen LogP contribution in [-0.2, 0) is 17.4 Å². The minimum atomic E-state index is -4.76. The van der Waals surface area contributed by atoms with E-state index in [1.165, 1.54) is 0 Å². The molecule has 0 bridgehead atoms. The Morgan fingerprint density at radius 3 is 2.39 bits per heavy atom. The summed E-state index contributed by atoms with van der Waals surface area (Å²) in [7, 11) is 0. The Balaban J connectivity index is 3.47. The molecule has 0 aliphatic heterocycles. The van der Waals surface area contributed by atoms with Crippen molar-refractivity contribution in [2.24, 2.45) is 0 Å². The van der Waals surface area contributed by atoms with Crippen LogP contribution in [0.4, 0.5) is 18.9 Å². The van der Waals surface area contributed by atoms with Crippen LogP contribution in [0.1, 0.15) is 11.1 Å². The van der Waals surface area contributed by atoms with E-state index in [2.05, 4.69) is 15.9 Å². The van der Waals surface area contributed by atoms with Gasteiger partial charge in [0.1, 0.15) is 4.47 Å². The molecular weight excluding hydrogens is 323 g/mol. The normalized spacial score (nSPS) is 11.3. The third-order valence-corrected chi connectivity index (χ3v) is 2.83. The van der Waals surface area contributed by atoms with Gasteiger partial charge in [-0.3, -0.25) is 14.9 Å². The molecule has 0 amide bonds. The van der Waals surface area contributed by atoms with E-state index in [0.717, 1.165) is 6.07 Å². The van der Waals surface area contributed by atoms with Crippen LogP contribution in [0.5, 0.6) is 0 Å². The van der Waals surface area contributed by atoms with E-state index in [1.807, 2.05) is 0 Å². The number of hydrogen-bond acceptors (Lipinski definition) is 3. The number of hydrogen-bond donors (Lipinski definition) is 1. The first kappa shape index (κ1) is 14.4. The second-order valence-electron chi connectivity index (χ2n) is 3.26. The van der Waals surface area contributed by atoms with Gasteiger partial charge in [-0.15, -0.1) is 0 Å². The van der Waals surface area contributed by atoms with Gasteiger partial charge in [-0.2, -0.15) is 13.2 Å². The molecule has 0 aromatic heterocycles. The van der Waals surface area contributed by atoms with Crippen LogP contribution in [0.3, 0.4) is 0 Å². The molecule has 1 N–H and O–H groups in total. The number of carbonyl (C=O) groups is 1. The molecule has 0 saturated heterocycles. The molecule has 0 saturated carbocycles. The molecule has 0 unspecified atom stereocenters. The van der Waals surface area contributed by atoms with Crippen LogP contribution < -0.4 is 0 Å². The summed E-state index contributed by atoms with van der Waals surface area (Å²) in [5.74, 6) is -1.37. The van der Waals surface area contributed by atoms with E-state index < -0.39 is 39.2 Å². The fraction of sp³-hybridized carbons (Fsp3) is 0.222. The summed E-state index contributed by atoms with van der Waals surface area (Å²) in [6, 6.07) is 1.40. The lowest BCUT2D eigenvalue weighted by Crippen LogP contribution is -2.10. The van der Waals surface area contributed by atoms with Gasteiger partial charge >= 0.3 is 12.1 Å². The maximum absolute atomic E-state index is 12.5. The highest BCUT2D eigenvalue weighted by molar-refractivity contribution is 9.10. The summed E-state index contributed by atoms with van der Waals surface area (Å²) >= 11 is 2.50. The van der Waals surface area contributed by atoms with Crippen molar-refractivity contribution in [2.45, 2.75) is 12.6 Å². The van der Waals surface area contributed by atoms with Crippen molar-refractivity contribution < 1.29 is 28.0 Å². The zero-order valence-corrected chi connectivity index (χ0v) is 10.1. The molecule has 0 atom stereocenters. The minimum Gasteiger partial charge on any atom is -0.481 e. The van der Waals surface area contributed by atoms with E-state index >= 15 is 0 Å². The number of halogens is 4. The number of benzene rings is 1. The second kappa shape index (κ2) is 4.92. The fourth-order valence-corrected chi connectivity index (χ4v) is 2.08. The Labute approximate surface area is 106 Å². The van der Waals surface area contributed by atoms with Gasteiger partial charge in [-0.05, 0) is 22.0 Å². The smallest absolute Gasteiger partial charge is 0.417 e. The highest BCUT2D eigenvalue weighted by Gasteiger charge is 2.37. The van der Waals surface area contributed by atoms with Gasteiger partial charge < -0.3 is 5.11 Å². The topological polar surface area (TPSA) is 80.4 Å². The van der Waals surface area contributed by atoms with Crippen LogP contribution in [0.25, 0.3) is 0 Å². The first-order chi connectivity index (χ1) is 8.14. The fourth-order valence-electron chi connectivity index (χ4n) is 1.33. The minimum absolute atomic E-state index is 0.299. The average Bonchev–Trinajstić information content (AvgIpc) is 2.13. The monoisotopic (exact) mass is 327 g/mol. The average molecular weight is 328 g/mol. The van der Waals surface area contributed by atoms with Gasteiger partial charge in [-0.1, -0.05) is 6.07 Å². The predicted octanol–water partition coefficient (Wildman–Crippen LogP) is 3.00. The SMILES string of the molecule is O=C(O)Cc1ccc(C(F)(F)F)c(Br)c1[N+](=O)[O-]. The molecule has 0 fully saturated rings. The summed E-state index contributed by atoms with van der Waals surface area (Å²) in [6.45, 7) is 0. The number of rotatable bonds is 3. The molecule has 0 radical (unpaired) electrons. The summed E-state index contributed by atoms with van der Waals surface area (Å²) < 4.78 is 36.8. The van der Waals surface area contributed by atoms with Crippen molar-refractivity contribution in [3.05, 3.63) is 37.8 Å². The molecule has 0 aliphatic rings. The summed E-state index contributed by atoms with van der Waals surface area (Å²) in [5.41, 5.74) is -2.40. The van der Waals surface area contributed by atoms with Gasteiger partial charge in [-0.25, -0.2) is 0 Å². The van der Waals surface area contributed by atoms with Crippen molar-refractivity contribution in [3.63, 3.8) is 0 Å². The Kier molecular flexibility index (Phi) is 3.95. The number of carboxylic acid groups (broad SMARTS) is 1. The molecule has 0 spiro atoms. The van der Waals surface area contributed by atoms with Crippen LogP contribution in [0.15, 0.2) is 16.6 Å². The van der Waals surface area contributed by atoms with Gasteiger partial charge in [0.25, 0.3) is 5.69 Å². The van der Waals surface area contributed by atoms with E-state index in [1.54, 1.807) is 0 Å². The summed E-state index contributed by atoms with van der Waals surface area (Å²) in [6.07, 6.45) is -5.49. The number of nitrogens with zero attached hydrogens (tertiary/aromatic N) is 1. The first-order valence-corrected chi connectivity index (χ1v) is 5.18. The quantitative estimate of drug-likeness (QED) is 0.683. The molecule has 1 aromatic carbocycles. The number of nitro benzene ring substituents is 1. The Morgan fingerprint density at radius 1 is 1.44 bits per heavy atom. The maximum atomic E-state index is 12.5. The molecule has 18 heavy (non-hydrogen) atoms. The van der Waals surface area contributed by atoms with E-state index in [4.69, 9.17) is 5.11 Å². The Hall–Kier alpha value is -1.64. The van der Waals surface area contributed by atoms with E-state index in [9.17, 15) is 28.1 Å². The predicted molar refractivity (Wildman–Crippen MR) is 57.1 cm³/mol. The maximum Gasteiger partial charge on any atom is 0.417 e. The van der Waals surface area contributed by atoms with Crippen molar-refractivity contribution in [2.75, 3.05) is 0 Å². The van der Waals surface area contributed by atoms with E-state index in [-0.39, 0.29) is 5.56 Å². The molecule has 1 rings (SSSR count). The van der Waals surface area contributed by atoms with Crippen LogP contribution >= 0.6 is 15.9 Å². The van der Waals surface area contributed by atoms with Gasteiger partial charge in [0.15, 0.2) is 0 Å². The van der Waals surface area contributed by atoms with Crippen molar-refractivity contribution >= 4 is 27.6 Å². The highest BCUT2D eigenvalue weighted by Crippen LogP contribution is 2.41. The molecular formula is C9H5BrF3NO4. The first-order valence-electron chi connectivity index (χ1n) is 4.39. The molecule has 0 aliphatic carbocycles. The lowest BCUT2D eigenvalue weighted by atomic mass is 10.1. The standard InChI is InChI=1S/C9H5BrF3NO4/c10-7-5(9(11,12)13)2-1-4(3-6(15)16)8(7)14(17)18/h1-2H,3H2,(H,15,16).